The lowest BCUT2D eigenvalue weighted by atomic mass is 10.2. The lowest BCUT2D eigenvalue weighted by molar-refractivity contribution is -0.142. The maximum atomic E-state index is 12.4. The molecule has 0 aliphatic heterocycles. The molecule has 1 aromatic carbocycles. The first kappa shape index (κ1) is 21.9. The van der Waals surface area contributed by atoms with Crippen molar-refractivity contribution in [2.24, 2.45) is 0 Å². The third-order valence-corrected chi connectivity index (χ3v) is 10.0. The van der Waals surface area contributed by atoms with E-state index in [2.05, 4.69) is 33.9 Å². The van der Waals surface area contributed by atoms with E-state index in [0.29, 0.717) is 5.75 Å². The second kappa shape index (κ2) is 9.55. The zero-order valence-electron chi connectivity index (χ0n) is 16.1. The van der Waals surface area contributed by atoms with Crippen LogP contribution in [-0.4, -0.2) is 32.6 Å². The molecule has 0 unspecified atom stereocenters. The van der Waals surface area contributed by atoms with E-state index in [1.165, 1.54) is 18.9 Å². The molecule has 0 fully saturated rings. The molecule has 0 saturated heterocycles. The first-order valence-corrected chi connectivity index (χ1v) is 12.4. The molecule has 0 amide bonds. The molecule has 0 aromatic heterocycles. The van der Waals surface area contributed by atoms with Gasteiger partial charge in [-0.3, -0.25) is 9.59 Å². The van der Waals surface area contributed by atoms with Gasteiger partial charge >= 0.3 is 5.97 Å². The van der Waals surface area contributed by atoms with Crippen molar-refractivity contribution in [1.82, 2.24) is 0 Å². The van der Waals surface area contributed by atoms with Gasteiger partial charge in [-0.25, -0.2) is 0 Å². The van der Waals surface area contributed by atoms with Gasteiger partial charge in [0.1, 0.15) is 0 Å². The maximum absolute atomic E-state index is 12.4. The number of hydrogen-bond acceptors (Lipinski definition) is 5. The number of hydrogen-bond donors (Lipinski definition) is 0. The van der Waals surface area contributed by atoms with Gasteiger partial charge < -0.3 is 9.16 Å². The summed E-state index contributed by atoms with van der Waals surface area (Å²) in [6.45, 7) is 10.7. The van der Waals surface area contributed by atoms with Crippen molar-refractivity contribution < 1.29 is 18.8 Å². The molecule has 1 rings (SSSR count). The standard InChI is InChI=1S/C19H30O4SSi/c1-19(2,3)25(5,6)23-16(12-17(20)22-4)13-18(21)24-14-15-10-8-7-9-11-15/h7-11,16H,12-14H2,1-6H3/t16-/m1/s1. The fourth-order valence-electron chi connectivity index (χ4n) is 2.00. The molecule has 1 atom stereocenters. The maximum Gasteiger partial charge on any atom is 0.308 e. The summed E-state index contributed by atoms with van der Waals surface area (Å²) in [5, 5.41) is 0.0539. The van der Waals surface area contributed by atoms with Gasteiger partial charge in [0, 0.05) is 12.2 Å². The molecule has 0 radical (unpaired) electrons. The van der Waals surface area contributed by atoms with Gasteiger partial charge in [-0.2, -0.15) is 0 Å². The predicted octanol–water partition coefficient (Wildman–Crippen LogP) is 4.79. The van der Waals surface area contributed by atoms with Gasteiger partial charge in [0.2, 0.25) is 0 Å². The number of benzene rings is 1. The molecule has 0 bridgehead atoms. The molecular formula is C19H30O4SSi. The van der Waals surface area contributed by atoms with Gasteiger partial charge in [0.25, 0.3) is 0 Å². The summed E-state index contributed by atoms with van der Waals surface area (Å²) in [6.07, 6.45) is -0.0937. The van der Waals surface area contributed by atoms with Crippen LogP contribution in [0.1, 0.15) is 39.2 Å². The Morgan fingerprint density at radius 3 is 2.24 bits per heavy atom. The van der Waals surface area contributed by atoms with Gasteiger partial charge in [-0.05, 0) is 23.7 Å². The molecule has 1 aromatic rings. The molecule has 6 heteroatoms. The van der Waals surface area contributed by atoms with Crippen molar-refractivity contribution >= 4 is 31.2 Å². The number of carbonyl (C=O) groups excluding carboxylic acids is 2. The highest BCUT2D eigenvalue weighted by molar-refractivity contribution is 8.12. The molecule has 0 N–H and O–H groups in total. The zero-order valence-corrected chi connectivity index (χ0v) is 17.9. The Kier molecular flexibility index (Phi) is 8.37. The van der Waals surface area contributed by atoms with Crippen LogP contribution in [0.5, 0.6) is 0 Å². The fraction of sp³-hybridized carbons (Fsp3) is 0.579. The van der Waals surface area contributed by atoms with Gasteiger partial charge in [-0.1, -0.05) is 62.9 Å². The van der Waals surface area contributed by atoms with Crippen LogP contribution >= 0.6 is 11.8 Å². The van der Waals surface area contributed by atoms with Crippen LogP contribution in [0.4, 0.5) is 0 Å². The summed E-state index contributed by atoms with van der Waals surface area (Å²) in [5.74, 6) is 0.287. The first-order chi connectivity index (χ1) is 11.5. The van der Waals surface area contributed by atoms with Crippen molar-refractivity contribution in [3.05, 3.63) is 35.9 Å². The summed E-state index contributed by atoms with van der Waals surface area (Å²) in [5.41, 5.74) is 1.11. The first-order valence-electron chi connectivity index (χ1n) is 8.49. The van der Waals surface area contributed by atoms with Crippen LogP contribution in [-0.2, 0) is 24.5 Å². The van der Waals surface area contributed by atoms with Crippen LogP contribution in [0.2, 0.25) is 18.1 Å². The van der Waals surface area contributed by atoms with Crippen LogP contribution in [0.25, 0.3) is 0 Å². The molecule has 0 aliphatic carbocycles. The molecule has 4 nitrogen and oxygen atoms in total. The third kappa shape index (κ3) is 7.75. The van der Waals surface area contributed by atoms with Gasteiger partial charge in [0.15, 0.2) is 13.4 Å². The number of carbonyl (C=O) groups is 2. The highest BCUT2D eigenvalue weighted by Gasteiger charge is 2.40. The fourth-order valence-corrected chi connectivity index (χ4v) is 4.18. The summed E-state index contributed by atoms with van der Waals surface area (Å²) in [7, 11) is -0.712. The largest absolute Gasteiger partial charge is 0.469 e. The number of thioether (sulfide) groups is 1. The van der Waals surface area contributed by atoms with Crippen molar-refractivity contribution in [3.63, 3.8) is 0 Å². The van der Waals surface area contributed by atoms with E-state index >= 15 is 0 Å². The summed E-state index contributed by atoms with van der Waals surface area (Å²) < 4.78 is 11.1. The highest BCUT2D eigenvalue weighted by atomic mass is 32.2. The van der Waals surface area contributed by atoms with Crippen LogP contribution in [0.3, 0.4) is 0 Å². The Bertz CT molecular complexity index is 567. The van der Waals surface area contributed by atoms with Crippen LogP contribution in [0.15, 0.2) is 30.3 Å². The van der Waals surface area contributed by atoms with Crippen molar-refractivity contribution in [3.8, 4) is 0 Å². The topological polar surface area (TPSA) is 52.6 Å². The van der Waals surface area contributed by atoms with Crippen molar-refractivity contribution in [2.75, 3.05) is 7.11 Å². The number of methoxy groups -OCH3 is 1. The minimum atomic E-state index is -2.07. The monoisotopic (exact) mass is 382 g/mol. The van der Waals surface area contributed by atoms with Gasteiger partial charge in [0.05, 0.1) is 19.6 Å². The van der Waals surface area contributed by atoms with E-state index < -0.39 is 14.4 Å². The Balaban J connectivity index is 2.69. The second-order valence-electron chi connectivity index (χ2n) is 7.63. The van der Waals surface area contributed by atoms with Crippen molar-refractivity contribution in [2.45, 2.75) is 63.6 Å². The van der Waals surface area contributed by atoms with Crippen LogP contribution < -0.4 is 0 Å². The third-order valence-electron chi connectivity index (χ3n) is 4.53. The van der Waals surface area contributed by atoms with Gasteiger partial charge in [-0.15, -0.1) is 0 Å². The SMILES string of the molecule is COC(=O)C[C@H](CC(=O)SCc1ccccc1)O[Si](C)(C)C(C)(C)C. The molecule has 0 saturated carbocycles. The zero-order chi connectivity index (χ0) is 19.1. The van der Waals surface area contributed by atoms with Crippen LogP contribution in [0, 0.1) is 0 Å². The van der Waals surface area contributed by atoms with E-state index in [9.17, 15) is 9.59 Å². The van der Waals surface area contributed by atoms with E-state index in [0.717, 1.165) is 5.56 Å². The molecule has 0 aliphatic rings. The number of rotatable bonds is 8. The molecular weight excluding hydrogens is 352 g/mol. The highest BCUT2D eigenvalue weighted by Crippen LogP contribution is 2.38. The smallest absolute Gasteiger partial charge is 0.308 e. The van der Waals surface area contributed by atoms with E-state index in [1.54, 1.807) is 0 Å². The van der Waals surface area contributed by atoms with Crippen molar-refractivity contribution in [1.29, 1.82) is 0 Å². The normalized spacial score (nSPS) is 13.4. The lowest BCUT2D eigenvalue weighted by Gasteiger charge is -2.39. The average Bonchev–Trinajstić information content (AvgIpc) is 2.52. The molecule has 140 valence electrons. The lowest BCUT2D eigenvalue weighted by Crippen LogP contribution is -2.44. The van der Waals surface area contributed by atoms with E-state index in [-0.39, 0.29) is 29.0 Å². The number of esters is 1. The Hall–Kier alpha value is -1.11. The Morgan fingerprint density at radius 2 is 1.72 bits per heavy atom. The quantitative estimate of drug-likeness (QED) is 0.478. The summed E-state index contributed by atoms with van der Waals surface area (Å²) >= 11 is 1.27. The Morgan fingerprint density at radius 1 is 1.12 bits per heavy atom. The molecule has 0 heterocycles. The summed E-state index contributed by atoms with van der Waals surface area (Å²) in [6, 6.07) is 9.87. The summed E-state index contributed by atoms with van der Waals surface area (Å²) in [4.78, 5) is 24.1. The molecule has 25 heavy (non-hydrogen) atoms. The molecule has 0 spiro atoms. The second-order valence-corrected chi connectivity index (χ2v) is 13.4. The predicted molar refractivity (Wildman–Crippen MR) is 106 cm³/mol. The average molecular weight is 383 g/mol. The number of ether oxygens (including phenoxy) is 1. The van der Waals surface area contributed by atoms with E-state index in [1.807, 2.05) is 30.3 Å². The minimum Gasteiger partial charge on any atom is -0.469 e. The van der Waals surface area contributed by atoms with E-state index in [4.69, 9.17) is 9.16 Å². The minimum absolute atomic E-state index is 0.0155. The Labute approximate surface area is 156 Å².